The second kappa shape index (κ2) is 4.06. The molecule has 0 amide bonds. The van der Waals surface area contributed by atoms with Crippen LogP contribution in [0.2, 0.25) is 0 Å². The first-order valence-electron chi connectivity index (χ1n) is 4.98. The van der Waals surface area contributed by atoms with E-state index in [1.807, 2.05) is 43.3 Å². The van der Waals surface area contributed by atoms with Crippen LogP contribution in [0, 0.1) is 12.3 Å². The zero-order valence-corrected chi connectivity index (χ0v) is 8.66. The van der Waals surface area contributed by atoms with Crippen molar-refractivity contribution in [3.8, 4) is 18.1 Å². The topological polar surface area (TPSA) is 9.23 Å². The Balaban J connectivity index is 2.73. The van der Waals surface area contributed by atoms with Gasteiger partial charge >= 0.3 is 0 Å². The van der Waals surface area contributed by atoms with Crippen LogP contribution in [0.5, 0.6) is 5.75 Å². The molecule has 0 bridgehead atoms. The van der Waals surface area contributed by atoms with Gasteiger partial charge in [0.2, 0.25) is 0 Å². The Bertz CT molecular complexity index is 520. The van der Waals surface area contributed by atoms with Gasteiger partial charge < -0.3 is 4.74 Å². The minimum Gasteiger partial charge on any atom is -0.493 e. The number of terminal acetylenes is 1. The minimum atomic E-state index is 0.666. The summed E-state index contributed by atoms with van der Waals surface area (Å²) in [6, 6.07) is 11.9. The van der Waals surface area contributed by atoms with Gasteiger partial charge in [-0.1, -0.05) is 30.2 Å². The molecule has 74 valence electrons. The fourth-order valence-electron chi connectivity index (χ4n) is 1.68. The molecule has 0 spiro atoms. The Labute approximate surface area is 89.7 Å². The van der Waals surface area contributed by atoms with Crippen LogP contribution in [-0.2, 0) is 0 Å². The number of benzene rings is 2. The largest absolute Gasteiger partial charge is 0.493 e. The molecule has 0 radical (unpaired) electrons. The summed E-state index contributed by atoms with van der Waals surface area (Å²) in [6.07, 6.45) is 5.45. The van der Waals surface area contributed by atoms with Crippen molar-refractivity contribution in [1.82, 2.24) is 0 Å². The summed E-state index contributed by atoms with van der Waals surface area (Å²) in [5.41, 5.74) is 0.911. The van der Waals surface area contributed by atoms with Crippen molar-refractivity contribution in [2.24, 2.45) is 0 Å². The van der Waals surface area contributed by atoms with Crippen molar-refractivity contribution < 1.29 is 4.74 Å². The molecule has 0 heterocycles. The van der Waals surface area contributed by atoms with Gasteiger partial charge in [0.05, 0.1) is 6.61 Å². The molecule has 0 atom stereocenters. The van der Waals surface area contributed by atoms with E-state index in [9.17, 15) is 0 Å². The molecule has 0 N–H and O–H groups in total. The molecular formula is C14H12O. The molecule has 15 heavy (non-hydrogen) atoms. The molecule has 0 aromatic heterocycles. The summed E-state index contributed by atoms with van der Waals surface area (Å²) in [7, 11) is 0. The Hall–Kier alpha value is -1.94. The van der Waals surface area contributed by atoms with Crippen LogP contribution in [0.15, 0.2) is 36.4 Å². The van der Waals surface area contributed by atoms with E-state index in [0.717, 1.165) is 22.1 Å². The minimum absolute atomic E-state index is 0.666. The first-order valence-corrected chi connectivity index (χ1v) is 4.98. The van der Waals surface area contributed by atoms with Crippen LogP contribution in [0.3, 0.4) is 0 Å². The predicted molar refractivity (Wildman–Crippen MR) is 63.1 cm³/mol. The van der Waals surface area contributed by atoms with Gasteiger partial charge in [-0.25, -0.2) is 0 Å². The fourth-order valence-corrected chi connectivity index (χ4v) is 1.68. The highest BCUT2D eigenvalue weighted by atomic mass is 16.5. The smallest absolute Gasteiger partial charge is 0.127 e. The van der Waals surface area contributed by atoms with Gasteiger partial charge in [-0.2, -0.15) is 0 Å². The third-order valence-corrected chi connectivity index (χ3v) is 2.34. The SMILES string of the molecule is C#Cc1ccc(OCC)c2ccccc12. The van der Waals surface area contributed by atoms with Crippen molar-refractivity contribution in [1.29, 1.82) is 0 Å². The zero-order valence-electron chi connectivity index (χ0n) is 8.66. The lowest BCUT2D eigenvalue weighted by Crippen LogP contribution is -1.93. The maximum absolute atomic E-state index is 5.55. The van der Waals surface area contributed by atoms with Gasteiger partial charge in [0.1, 0.15) is 5.75 Å². The molecule has 1 heteroatoms. The average molecular weight is 196 g/mol. The van der Waals surface area contributed by atoms with E-state index in [0.29, 0.717) is 6.61 Å². The molecule has 2 aromatic carbocycles. The third-order valence-electron chi connectivity index (χ3n) is 2.34. The van der Waals surface area contributed by atoms with E-state index in [2.05, 4.69) is 5.92 Å². The van der Waals surface area contributed by atoms with Crippen LogP contribution >= 0.6 is 0 Å². The molecule has 2 rings (SSSR count). The molecule has 1 nitrogen and oxygen atoms in total. The summed E-state index contributed by atoms with van der Waals surface area (Å²) >= 11 is 0. The molecule has 0 aliphatic carbocycles. The molecule has 0 saturated heterocycles. The second-order valence-electron chi connectivity index (χ2n) is 3.23. The molecule has 0 unspecified atom stereocenters. The van der Waals surface area contributed by atoms with Gasteiger partial charge in [0.25, 0.3) is 0 Å². The summed E-state index contributed by atoms with van der Waals surface area (Å²) < 4.78 is 5.55. The third kappa shape index (κ3) is 1.67. The highest BCUT2D eigenvalue weighted by Crippen LogP contribution is 2.27. The van der Waals surface area contributed by atoms with Crippen LogP contribution in [0.1, 0.15) is 12.5 Å². The van der Waals surface area contributed by atoms with E-state index >= 15 is 0 Å². The lowest BCUT2D eigenvalue weighted by atomic mass is 10.0. The van der Waals surface area contributed by atoms with Crippen LogP contribution in [0.25, 0.3) is 10.8 Å². The van der Waals surface area contributed by atoms with Crippen molar-refractivity contribution in [2.45, 2.75) is 6.92 Å². The molecule has 0 aliphatic heterocycles. The second-order valence-corrected chi connectivity index (χ2v) is 3.23. The van der Waals surface area contributed by atoms with Gasteiger partial charge in [-0.3, -0.25) is 0 Å². The molecule has 0 fully saturated rings. The highest BCUT2D eigenvalue weighted by molar-refractivity contribution is 5.92. The molecule has 2 aromatic rings. The van der Waals surface area contributed by atoms with Crippen LogP contribution in [-0.4, -0.2) is 6.61 Å². The monoisotopic (exact) mass is 196 g/mol. The standard InChI is InChI=1S/C14H12O/c1-3-11-9-10-14(15-4-2)13-8-6-5-7-12(11)13/h1,5-10H,4H2,2H3. The number of fused-ring (bicyclic) bond motifs is 1. The average Bonchev–Trinajstić information content (AvgIpc) is 2.30. The predicted octanol–water partition coefficient (Wildman–Crippen LogP) is 3.22. The van der Waals surface area contributed by atoms with Gasteiger partial charge in [0.15, 0.2) is 0 Å². The van der Waals surface area contributed by atoms with Gasteiger partial charge in [-0.15, -0.1) is 6.42 Å². The van der Waals surface area contributed by atoms with E-state index in [1.54, 1.807) is 0 Å². The maximum atomic E-state index is 5.55. The fraction of sp³-hybridized carbons (Fsp3) is 0.143. The van der Waals surface area contributed by atoms with Gasteiger partial charge in [0, 0.05) is 16.3 Å². The molecule has 0 saturated carbocycles. The number of ether oxygens (including phenoxy) is 1. The lowest BCUT2D eigenvalue weighted by molar-refractivity contribution is 0.344. The van der Waals surface area contributed by atoms with E-state index in [1.165, 1.54) is 0 Å². The van der Waals surface area contributed by atoms with Crippen molar-refractivity contribution in [3.63, 3.8) is 0 Å². The van der Waals surface area contributed by atoms with Crippen molar-refractivity contribution in [2.75, 3.05) is 6.61 Å². The van der Waals surface area contributed by atoms with Crippen molar-refractivity contribution >= 4 is 10.8 Å². The first-order chi connectivity index (χ1) is 7.36. The summed E-state index contributed by atoms with van der Waals surface area (Å²) in [5, 5.41) is 2.15. The van der Waals surface area contributed by atoms with Crippen LogP contribution in [0.4, 0.5) is 0 Å². The highest BCUT2D eigenvalue weighted by Gasteiger charge is 2.03. The maximum Gasteiger partial charge on any atom is 0.127 e. The normalized spacial score (nSPS) is 9.87. The van der Waals surface area contributed by atoms with Crippen LogP contribution < -0.4 is 4.74 Å². The lowest BCUT2D eigenvalue weighted by Gasteiger charge is -2.08. The summed E-state index contributed by atoms with van der Waals surface area (Å²) in [4.78, 5) is 0. The Morgan fingerprint density at radius 2 is 1.87 bits per heavy atom. The van der Waals surface area contributed by atoms with E-state index in [4.69, 9.17) is 11.2 Å². The number of hydrogen-bond acceptors (Lipinski definition) is 1. The van der Waals surface area contributed by atoms with Crippen molar-refractivity contribution in [3.05, 3.63) is 42.0 Å². The molecular weight excluding hydrogens is 184 g/mol. The summed E-state index contributed by atoms with van der Waals surface area (Å²) in [5.74, 6) is 3.58. The van der Waals surface area contributed by atoms with E-state index in [-0.39, 0.29) is 0 Å². The Morgan fingerprint density at radius 1 is 1.13 bits per heavy atom. The molecule has 0 aliphatic rings. The number of hydrogen-bond donors (Lipinski definition) is 0. The summed E-state index contributed by atoms with van der Waals surface area (Å²) in [6.45, 7) is 2.64. The Kier molecular flexibility index (Phi) is 2.60. The van der Waals surface area contributed by atoms with E-state index < -0.39 is 0 Å². The van der Waals surface area contributed by atoms with Gasteiger partial charge in [-0.05, 0) is 19.1 Å². The quantitative estimate of drug-likeness (QED) is 0.670. The number of rotatable bonds is 2. The first kappa shape index (κ1) is 9.61. The Morgan fingerprint density at radius 3 is 2.53 bits per heavy atom. The zero-order chi connectivity index (χ0) is 10.7.